The van der Waals surface area contributed by atoms with Crippen LogP contribution in [0.25, 0.3) is 17.0 Å². The first kappa shape index (κ1) is 18.1. The summed E-state index contributed by atoms with van der Waals surface area (Å²) in [6.07, 6.45) is 1.45. The third-order valence-corrected chi connectivity index (χ3v) is 4.57. The molecular weight excluding hydrogens is 378 g/mol. The number of fused-ring (bicyclic) bond motifs is 1. The van der Waals surface area contributed by atoms with Crippen molar-refractivity contribution in [2.45, 2.75) is 20.8 Å². The summed E-state index contributed by atoms with van der Waals surface area (Å²) in [5, 5.41) is 15.6. The van der Waals surface area contributed by atoms with Crippen LogP contribution in [0.3, 0.4) is 0 Å². The Bertz CT molecular complexity index is 1230. The van der Waals surface area contributed by atoms with E-state index in [-0.39, 0.29) is 17.1 Å². The molecule has 0 bridgehead atoms. The first-order chi connectivity index (χ1) is 13.3. The lowest BCUT2D eigenvalue weighted by Crippen LogP contribution is -2.07. The normalized spacial score (nSPS) is 11.1. The summed E-state index contributed by atoms with van der Waals surface area (Å²) in [6, 6.07) is 7.93. The highest BCUT2D eigenvalue weighted by atomic mass is 35.5. The van der Waals surface area contributed by atoms with Gasteiger partial charge in [-0.05, 0) is 51.1 Å². The summed E-state index contributed by atoms with van der Waals surface area (Å²) >= 11 is 5.96. The van der Waals surface area contributed by atoms with Crippen molar-refractivity contribution in [2.24, 2.45) is 0 Å². The van der Waals surface area contributed by atoms with Crippen LogP contribution in [0.4, 0.5) is 0 Å². The molecule has 1 N–H and O–H groups in total. The van der Waals surface area contributed by atoms with Gasteiger partial charge in [-0.1, -0.05) is 11.6 Å². The van der Waals surface area contributed by atoms with Gasteiger partial charge in [0.2, 0.25) is 0 Å². The van der Waals surface area contributed by atoms with Gasteiger partial charge in [0.05, 0.1) is 11.3 Å². The summed E-state index contributed by atoms with van der Waals surface area (Å²) in [5.74, 6) is -0.0792. The number of rotatable bonds is 3. The number of aromatic nitrogens is 5. The van der Waals surface area contributed by atoms with E-state index in [0.29, 0.717) is 33.3 Å². The number of phenols is 1. The molecule has 0 fully saturated rings. The Kier molecular flexibility index (Phi) is 4.31. The number of aryl methyl sites for hydroxylation is 3. The van der Waals surface area contributed by atoms with Crippen molar-refractivity contribution < 1.29 is 9.90 Å². The summed E-state index contributed by atoms with van der Waals surface area (Å²) in [7, 11) is 0. The smallest absolute Gasteiger partial charge is 0.253 e. The summed E-state index contributed by atoms with van der Waals surface area (Å²) in [4.78, 5) is 26.1. The minimum absolute atomic E-state index is 0.122. The van der Waals surface area contributed by atoms with E-state index in [1.807, 2.05) is 26.8 Å². The molecule has 4 rings (SSSR count). The van der Waals surface area contributed by atoms with Gasteiger partial charge >= 0.3 is 0 Å². The highest BCUT2D eigenvalue weighted by molar-refractivity contribution is 6.31. The minimum atomic E-state index is -0.371. The van der Waals surface area contributed by atoms with Gasteiger partial charge in [-0.25, -0.2) is 15.0 Å². The Labute approximate surface area is 165 Å². The van der Waals surface area contributed by atoms with Crippen LogP contribution in [0.2, 0.25) is 5.02 Å². The molecule has 28 heavy (non-hydrogen) atoms. The molecule has 1 aromatic carbocycles. The molecule has 0 saturated heterocycles. The molecule has 0 unspecified atom stereocenters. The Morgan fingerprint density at radius 3 is 2.50 bits per heavy atom. The monoisotopic (exact) mass is 393 g/mol. The molecule has 8 heteroatoms. The average molecular weight is 394 g/mol. The molecule has 0 aliphatic carbocycles. The van der Waals surface area contributed by atoms with Crippen LogP contribution in [0.5, 0.6) is 5.75 Å². The van der Waals surface area contributed by atoms with Gasteiger partial charge in [-0.3, -0.25) is 4.79 Å². The molecule has 0 radical (unpaired) electrons. The van der Waals surface area contributed by atoms with E-state index < -0.39 is 0 Å². The van der Waals surface area contributed by atoms with Crippen molar-refractivity contribution in [3.05, 3.63) is 69.8 Å². The molecule has 7 nitrogen and oxygen atoms in total. The van der Waals surface area contributed by atoms with Gasteiger partial charge in [0.25, 0.3) is 5.95 Å². The molecular formula is C20H16ClN5O2. The van der Waals surface area contributed by atoms with Crippen molar-refractivity contribution in [2.75, 3.05) is 0 Å². The van der Waals surface area contributed by atoms with Gasteiger partial charge in [-0.15, -0.1) is 0 Å². The predicted molar refractivity (Wildman–Crippen MR) is 105 cm³/mol. The zero-order chi connectivity index (χ0) is 20.0. The molecule has 0 saturated carbocycles. The van der Waals surface area contributed by atoms with Crippen molar-refractivity contribution in [1.29, 1.82) is 0 Å². The zero-order valence-corrected chi connectivity index (χ0v) is 16.2. The van der Waals surface area contributed by atoms with Gasteiger partial charge < -0.3 is 5.11 Å². The van der Waals surface area contributed by atoms with E-state index in [4.69, 9.17) is 11.6 Å². The van der Waals surface area contributed by atoms with E-state index in [9.17, 15) is 9.90 Å². The van der Waals surface area contributed by atoms with E-state index in [0.717, 1.165) is 11.4 Å². The Morgan fingerprint density at radius 2 is 1.79 bits per heavy atom. The maximum atomic E-state index is 12.8. The summed E-state index contributed by atoms with van der Waals surface area (Å²) < 4.78 is 1.57. The molecule has 3 heterocycles. The fourth-order valence-corrected chi connectivity index (χ4v) is 3.23. The maximum Gasteiger partial charge on any atom is 0.253 e. The number of hydrogen-bond acceptors (Lipinski definition) is 6. The first-order valence-electron chi connectivity index (χ1n) is 8.55. The van der Waals surface area contributed by atoms with Crippen LogP contribution >= 0.6 is 11.6 Å². The fraction of sp³-hybridized carbons (Fsp3) is 0.150. The van der Waals surface area contributed by atoms with Gasteiger partial charge in [0, 0.05) is 33.6 Å². The SMILES string of the molecule is Cc1cc(C)nc(-n2nc(C)c3cc(C(=O)c4cc(Cl)ccc4O)cnc32)n1. The lowest BCUT2D eigenvalue weighted by Gasteiger charge is -2.06. The van der Waals surface area contributed by atoms with Crippen LogP contribution in [0, 0.1) is 20.8 Å². The highest BCUT2D eigenvalue weighted by Gasteiger charge is 2.19. The molecule has 3 aromatic heterocycles. The van der Waals surface area contributed by atoms with Crippen LogP contribution in [0.15, 0.2) is 36.5 Å². The number of aromatic hydroxyl groups is 1. The predicted octanol–water partition coefficient (Wildman–Crippen LogP) is 3.73. The van der Waals surface area contributed by atoms with Crippen LogP contribution < -0.4 is 0 Å². The Balaban J connectivity index is 1.84. The number of phenolic OH excluding ortho intramolecular Hbond substituents is 1. The number of carbonyl (C=O) groups excluding carboxylic acids is 1. The van der Waals surface area contributed by atoms with Gasteiger partial charge in [-0.2, -0.15) is 9.78 Å². The number of carbonyl (C=O) groups is 1. The number of halogens is 1. The average Bonchev–Trinajstić information content (AvgIpc) is 2.98. The molecule has 140 valence electrons. The second kappa shape index (κ2) is 6.69. The van der Waals surface area contributed by atoms with E-state index in [1.165, 1.54) is 24.4 Å². The lowest BCUT2D eigenvalue weighted by atomic mass is 10.0. The minimum Gasteiger partial charge on any atom is -0.507 e. The van der Waals surface area contributed by atoms with E-state index in [1.54, 1.807) is 10.7 Å². The summed E-state index contributed by atoms with van der Waals surface area (Å²) in [5.41, 5.74) is 3.34. The zero-order valence-electron chi connectivity index (χ0n) is 15.4. The number of pyridine rings is 1. The number of nitrogens with zero attached hydrogens (tertiary/aromatic N) is 5. The van der Waals surface area contributed by atoms with Gasteiger partial charge in [0.1, 0.15) is 5.75 Å². The molecule has 0 amide bonds. The lowest BCUT2D eigenvalue weighted by molar-refractivity contribution is 0.103. The van der Waals surface area contributed by atoms with Crippen LogP contribution in [-0.2, 0) is 0 Å². The van der Waals surface area contributed by atoms with Crippen LogP contribution in [0.1, 0.15) is 33.0 Å². The standard InChI is InChI=1S/C20H16ClN5O2/c1-10-6-11(2)24-20(23-10)26-19-15(12(3)25-26)7-13(9-22-19)18(28)16-8-14(21)4-5-17(16)27/h4-9,27H,1-3H3. The maximum absolute atomic E-state index is 12.8. The van der Waals surface area contributed by atoms with E-state index in [2.05, 4.69) is 20.1 Å². The van der Waals surface area contributed by atoms with Crippen LogP contribution in [-0.4, -0.2) is 35.6 Å². The summed E-state index contributed by atoms with van der Waals surface area (Å²) in [6.45, 7) is 5.60. The second-order valence-corrected chi connectivity index (χ2v) is 6.97. The molecule has 4 aromatic rings. The van der Waals surface area contributed by atoms with Gasteiger partial charge in [0.15, 0.2) is 11.4 Å². The molecule has 0 atom stereocenters. The first-order valence-corrected chi connectivity index (χ1v) is 8.92. The third kappa shape index (κ3) is 3.10. The Morgan fingerprint density at radius 1 is 1.07 bits per heavy atom. The van der Waals surface area contributed by atoms with Crippen molar-refractivity contribution in [1.82, 2.24) is 24.7 Å². The van der Waals surface area contributed by atoms with Crippen molar-refractivity contribution >= 4 is 28.4 Å². The number of hydrogen-bond donors (Lipinski definition) is 1. The Hall–Kier alpha value is -3.32. The topological polar surface area (TPSA) is 93.8 Å². The number of benzene rings is 1. The largest absolute Gasteiger partial charge is 0.507 e. The quantitative estimate of drug-likeness (QED) is 0.533. The van der Waals surface area contributed by atoms with E-state index >= 15 is 0 Å². The third-order valence-electron chi connectivity index (χ3n) is 4.33. The number of ketones is 1. The van der Waals surface area contributed by atoms with Crippen molar-refractivity contribution in [3.63, 3.8) is 0 Å². The second-order valence-electron chi connectivity index (χ2n) is 6.53. The highest BCUT2D eigenvalue weighted by Crippen LogP contribution is 2.26. The fourth-order valence-electron chi connectivity index (χ4n) is 3.06. The molecule has 0 spiro atoms. The van der Waals surface area contributed by atoms with Crippen molar-refractivity contribution in [3.8, 4) is 11.7 Å². The molecule has 0 aliphatic heterocycles. The molecule has 0 aliphatic rings.